The van der Waals surface area contributed by atoms with E-state index in [9.17, 15) is 0 Å². The maximum Gasteiger partial charge on any atom is 0.0594 e. The van der Waals surface area contributed by atoms with Gasteiger partial charge in [0.2, 0.25) is 0 Å². The van der Waals surface area contributed by atoms with Gasteiger partial charge >= 0.3 is 0 Å². The lowest BCUT2D eigenvalue weighted by molar-refractivity contribution is -0.0215. The third-order valence-electron chi connectivity index (χ3n) is 4.04. The van der Waals surface area contributed by atoms with Crippen molar-refractivity contribution < 1.29 is 9.47 Å². The Morgan fingerprint density at radius 3 is 2.55 bits per heavy atom. The van der Waals surface area contributed by atoms with Crippen LogP contribution in [-0.2, 0) is 9.47 Å². The summed E-state index contributed by atoms with van der Waals surface area (Å²) in [4.78, 5) is 0. The van der Waals surface area contributed by atoms with Crippen molar-refractivity contribution in [2.24, 2.45) is 11.3 Å². The molecule has 0 aliphatic heterocycles. The van der Waals surface area contributed by atoms with Gasteiger partial charge in [0.1, 0.15) is 0 Å². The first kappa shape index (κ1) is 17.9. The van der Waals surface area contributed by atoms with Gasteiger partial charge in [-0.15, -0.1) is 0 Å². The number of hydrogen-bond donors (Lipinski definition) is 1. The zero-order valence-corrected chi connectivity index (χ0v) is 14.0. The van der Waals surface area contributed by atoms with E-state index in [-0.39, 0.29) is 0 Å². The minimum atomic E-state index is 0.447. The van der Waals surface area contributed by atoms with Crippen molar-refractivity contribution in [1.82, 2.24) is 5.32 Å². The van der Waals surface area contributed by atoms with Gasteiger partial charge in [0.15, 0.2) is 0 Å². The van der Waals surface area contributed by atoms with Crippen LogP contribution in [0.4, 0.5) is 0 Å². The lowest BCUT2D eigenvalue weighted by Crippen LogP contribution is -2.34. The molecular weight excluding hydrogens is 250 g/mol. The van der Waals surface area contributed by atoms with Gasteiger partial charge in [0.25, 0.3) is 0 Å². The molecule has 120 valence electrons. The number of hydrogen-bond acceptors (Lipinski definition) is 3. The fraction of sp³-hybridized carbons (Fsp3) is 1.00. The van der Waals surface area contributed by atoms with Gasteiger partial charge in [-0.3, -0.25) is 0 Å². The van der Waals surface area contributed by atoms with Gasteiger partial charge in [-0.2, -0.15) is 0 Å². The predicted molar refractivity (Wildman–Crippen MR) is 85.1 cm³/mol. The van der Waals surface area contributed by atoms with E-state index in [4.69, 9.17) is 9.47 Å². The number of rotatable bonds is 10. The van der Waals surface area contributed by atoms with Gasteiger partial charge in [0.05, 0.1) is 19.3 Å². The minimum absolute atomic E-state index is 0.447. The van der Waals surface area contributed by atoms with Crippen molar-refractivity contribution in [3.05, 3.63) is 0 Å². The van der Waals surface area contributed by atoms with E-state index in [0.29, 0.717) is 11.5 Å². The van der Waals surface area contributed by atoms with Gasteiger partial charge in [-0.05, 0) is 37.0 Å². The normalized spacial score (nSPS) is 25.8. The number of unbranched alkanes of at least 4 members (excludes halogenated alkanes) is 1. The lowest BCUT2D eigenvalue weighted by atomic mass is 9.71. The van der Waals surface area contributed by atoms with E-state index in [1.54, 1.807) is 0 Å². The summed E-state index contributed by atoms with van der Waals surface area (Å²) < 4.78 is 11.5. The number of ether oxygens (including phenoxy) is 2. The van der Waals surface area contributed by atoms with Crippen LogP contribution in [0.15, 0.2) is 0 Å². The Morgan fingerprint density at radius 1 is 1.10 bits per heavy atom. The first-order valence-corrected chi connectivity index (χ1v) is 8.43. The molecule has 3 heteroatoms. The largest absolute Gasteiger partial charge is 0.380 e. The van der Waals surface area contributed by atoms with E-state index in [1.165, 1.54) is 32.1 Å². The van der Waals surface area contributed by atoms with Crippen molar-refractivity contribution in [3.63, 3.8) is 0 Å². The van der Waals surface area contributed by atoms with Crippen molar-refractivity contribution in [1.29, 1.82) is 0 Å². The molecule has 0 heterocycles. The molecule has 2 unspecified atom stereocenters. The molecule has 1 aliphatic carbocycles. The van der Waals surface area contributed by atoms with Gasteiger partial charge in [0, 0.05) is 19.7 Å². The van der Waals surface area contributed by atoms with Crippen LogP contribution in [0.5, 0.6) is 0 Å². The lowest BCUT2D eigenvalue weighted by Gasteiger charge is -2.38. The van der Waals surface area contributed by atoms with Crippen LogP contribution in [0.1, 0.15) is 59.8 Å². The second-order valence-corrected chi connectivity index (χ2v) is 7.12. The summed E-state index contributed by atoms with van der Waals surface area (Å²) in [6.45, 7) is 13.7. The quantitative estimate of drug-likeness (QED) is 0.622. The molecule has 3 nitrogen and oxygen atoms in total. The Kier molecular flexibility index (Phi) is 8.74. The van der Waals surface area contributed by atoms with E-state index < -0.39 is 0 Å². The average molecular weight is 285 g/mol. The van der Waals surface area contributed by atoms with Crippen molar-refractivity contribution >= 4 is 0 Å². The molecule has 20 heavy (non-hydrogen) atoms. The number of nitrogens with one attached hydrogen (secondary N) is 1. The highest BCUT2D eigenvalue weighted by atomic mass is 16.5. The Labute approximate surface area is 125 Å². The topological polar surface area (TPSA) is 30.5 Å². The second kappa shape index (κ2) is 9.75. The molecule has 0 bridgehead atoms. The second-order valence-electron chi connectivity index (χ2n) is 7.12. The maximum atomic E-state index is 6.03. The molecule has 0 amide bonds. The Balaban J connectivity index is 1.96. The molecule has 1 aliphatic rings. The van der Waals surface area contributed by atoms with E-state index >= 15 is 0 Å². The molecule has 0 aromatic rings. The SMILES string of the molecule is CCCCOCCNCCOC1CC(C)CC(C)(C)C1. The van der Waals surface area contributed by atoms with Crippen LogP contribution in [-0.4, -0.2) is 39.0 Å². The zero-order chi connectivity index (χ0) is 14.8. The molecule has 1 saturated carbocycles. The fourth-order valence-corrected chi connectivity index (χ4v) is 3.30. The first-order chi connectivity index (χ1) is 9.53. The summed E-state index contributed by atoms with van der Waals surface area (Å²) in [6, 6.07) is 0. The maximum absolute atomic E-state index is 6.03. The monoisotopic (exact) mass is 285 g/mol. The van der Waals surface area contributed by atoms with Crippen molar-refractivity contribution in [2.75, 3.05) is 32.9 Å². The van der Waals surface area contributed by atoms with E-state index in [0.717, 1.165) is 38.8 Å². The standard InChI is InChI=1S/C17H35NO2/c1-5-6-9-19-10-7-18-8-11-20-16-12-15(2)13-17(3,4)14-16/h15-16,18H,5-14H2,1-4H3. The van der Waals surface area contributed by atoms with Gasteiger partial charge in [-0.1, -0.05) is 34.1 Å². The molecule has 0 radical (unpaired) electrons. The molecule has 1 fully saturated rings. The van der Waals surface area contributed by atoms with Crippen LogP contribution in [0, 0.1) is 11.3 Å². The Hall–Kier alpha value is -0.120. The minimum Gasteiger partial charge on any atom is -0.380 e. The zero-order valence-electron chi connectivity index (χ0n) is 14.0. The van der Waals surface area contributed by atoms with Crippen LogP contribution in [0.25, 0.3) is 0 Å². The van der Waals surface area contributed by atoms with Crippen molar-refractivity contribution in [2.45, 2.75) is 65.9 Å². The summed E-state index contributed by atoms with van der Waals surface area (Å²) in [5.74, 6) is 0.795. The third kappa shape index (κ3) is 8.23. The van der Waals surface area contributed by atoms with Crippen LogP contribution >= 0.6 is 0 Å². The van der Waals surface area contributed by atoms with E-state index in [1.807, 2.05) is 0 Å². The third-order valence-corrected chi connectivity index (χ3v) is 4.04. The molecule has 0 spiro atoms. The summed E-state index contributed by atoms with van der Waals surface area (Å²) in [5.41, 5.74) is 0.447. The Morgan fingerprint density at radius 2 is 1.85 bits per heavy atom. The smallest absolute Gasteiger partial charge is 0.0594 e. The predicted octanol–water partition coefficient (Wildman–Crippen LogP) is 3.62. The summed E-state index contributed by atoms with van der Waals surface area (Å²) in [5, 5.41) is 3.38. The average Bonchev–Trinajstić information content (AvgIpc) is 2.34. The molecular formula is C17H35NO2. The first-order valence-electron chi connectivity index (χ1n) is 8.43. The highest BCUT2D eigenvalue weighted by Gasteiger charge is 2.32. The van der Waals surface area contributed by atoms with Crippen LogP contribution < -0.4 is 5.32 Å². The van der Waals surface area contributed by atoms with Gasteiger partial charge < -0.3 is 14.8 Å². The summed E-state index contributed by atoms with van der Waals surface area (Å²) in [7, 11) is 0. The highest BCUT2D eigenvalue weighted by Crippen LogP contribution is 2.39. The summed E-state index contributed by atoms with van der Waals surface area (Å²) in [6.07, 6.45) is 6.59. The fourth-order valence-electron chi connectivity index (χ4n) is 3.30. The molecule has 0 saturated heterocycles. The van der Waals surface area contributed by atoms with E-state index in [2.05, 4.69) is 33.0 Å². The molecule has 2 atom stereocenters. The molecule has 1 rings (SSSR count). The van der Waals surface area contributed by atoms with Crippen LogP contribution in [0.3, 0.4) is 0 Å². The molecule has 1 N–H and O–H groups in total. The van der Waals surface area contributed by atoms with Gasteiger partial charge in [-0.25, -0.2) is 0 Å². The summed E-state index contributed by atoms with van der Waals surface area (Å²) >= 11 is 0. The Bertz CT molecular complexity index is 243. The molecule has 0 aromatic carbocycles. The molecule has 0 aromatic heterocycles. The van der Waals surface area contributed by atoms with Crippen molar-refractivity contribution in [3.8, 4) is 0 Å². The highest BCUT2D eigenvalue weighted by molar-refractivity contribution is 4.83. The van der Waals surface area contributed by atoms with Crippen LogP contribution in [0.2, 0.25) is 0 Å².